The average Bonchev–Trinajstić information content (AvgIpc) is 3.00. The summed E-state index contributed by atoms with van der Waals surface area (Å²) in [4.78, 5) is 9.46. The third kappa shape index (κ3) is 3.66. The molecule has 130 valence electrons. The van der Waals surface area contributed by atoms with Gasteiger partial charge in [-0.25, -0.2) is 4.98 Å². The Morgan fingerprint density at radius 2 is 1.96 bits per heavy atom. The Morgan fingerprint density at radius 3 is 2.68 bits per heavy atom. The fraction of sp³-hybridized carbons (Fsp3) is 0.333. The van der Waals surface area contributed by atoms with Gasteiger partial charge in [0.15, 0.2) is 5.76 Å². The minimum Gasteiger partial charge on any atom is -0.360 e. The Bertz CT molecular complexity index is 905. The highest BCUT2D eigenvalue weighted by molar-refractivity contribution is 9.10. The molecule has 25 heavy (non-hydrogen) atoms. The number of fused-ring (bicyclic) bond motifs is 1. The Balaban J connectivity index is 1.46. The lowest BCUT2D eigenvalue weighted by Crippen LogP contribution is -2.46. The van der Waals surface area contributed by atoms with Crippen LogP contribution in [0.3, 0.4) is 0 Å². The van der Waals surface area contributed by atoms with Gasteiger partial charge in [0.2, 0.25) is 0 Å². The zero-order valence-corrected chi connectivity index (χ0v) is 16.2. The summed E-state index contributed by atoms with van der Waals surface area (Å²) < 4.78 is 6.28. The van der Waals surface area contributed by atoms with Crippen molar-refractivity contribution in [1.29, 1.82) is 0 Å². The highest BCUT2D eigenvalue weighted by Crippen LogP contribution is 2.29. The topological polar surface area (TPSA) is 45.4 Å². The summed E-state index contributed by atoms with van der Waals surface area (Å²) >= 11 is 9.83. The van der Waals surface area contributed by atoms with Gasteiger partial charge < -0.3 is 9.42 Å². The number of nitrogens with zero attached hydrogens (tertiary/aromatic N) is 4. The second-order valence-corrected chi connectivity index (χ2v) is 7.65. The molecule has 0 saturated carbocycles. The number of rotatable bonds is 3. The third-order valence-corrected chi connectivity index (χ3v) is 5.19. The van der Waals surface area contributed by atoms with Crippen molar-refractivity contribution >= 4 is 44.3 Å². The van der Waals surface area contributed by atoms with Crippen LogP contribution in [0.25, 0.3) is 10.9 Å². The zero-order chi connectivity index (χ0) is 17.4. The standard InChI is InChI=1S/C18H18BrClN4O/c1-12-8-15(25-22-12)11-23-4-6-24(7-5-23)17-3-2-13-9-14(19)10-16(20)18(13)21-17/h2-3,8-10H,4-7,11H2,1H3. The monoisotopic (exact) mass is 420 g/mol. The van der Waals surface area contributed by atoms with E-state index in [9.17, 15) is 0 Å². The van der Waals surface area contributed by atoms with Gasteiger partial charge in [-0.05, 0) is 31.2 Å². The molecule has 7 heteroatoms. The first-order chi connectivity index (χ1) is 12.1. The molecule has 0 spiro atoms. The minimum atomic E-state index is 0.672. The van der Waals surface area contributed by atoms with Crippen molar-refractivity contribution in [2.24, 2.45) is 0 Å². The SMILES string of the molecule is Cc1cc(CN2CCN(c3ccc4cc(Br)cc(Cl)c4n3)CC2)on1. The summed E-state index contributed by atoms with van der Waals surface area (Å²) in [6, 6.07) is 10.1. The molecule has 0 bridgehead atoms. The zero-order valence-electron chi connectivity index (χ0n) is 13.9. The molecule has 4 rings (SSSR count). The number of halogens is 2. The van der Waals surface area contributed by atoms with E-state index in [2.05, 4.69) is 43.0 Å². The van der Waals surface area contributed by atoms with Crippen LogP contribution in [0.2, 0.25) is 5.02 Å². The van der Waals surface area contributed by atoms with Crippen molar-refractivity contribution in [3.05, 3.63) is 51.3 Å². The quantitative estimate of drug-likeness (QED) is 0.632. The molecular formula is C18H18BrClN4O. The van der Waals surface area contributed by atoms with Crippen molar-refractivity contribution in [1.82, 2.24) is 15.0 Å². The number of aromatic nitrogens is 2. The molecule has 1 saturated heterocycles. The van der Waals surface area contributed by atoms with E-state index < -0.39 is 0 Å². The summed E-state index contributed by atoms with van der Waals surface area (Å²) in [5.74, 6) is 1.90. The summed E-state index contributed by atoms with van der Waals surface area (Å²) in [6.45, 7) is 6.54. The van der Waals surface area contributed by atoms with Crippen LogP contribution >= 0.6 is 27.5 Å². The highest BCUT2D eigenvalue weighted by atomic mass is 79.9. The number of hydrogen-bond acceptors (Lipinski definition) is 5. The van der Waals surface area contributed by atoms with Gasteiger partial charge >= 0.3 is 0 Å². The van der Waals surface area contributed by atoms with Gasteiger partial charge in [-0.2, -0.15) is 0 Å². The molecule has 1 aliphatic rings. The molecular weight excluding hydrogens is 404 g/mol. The number of pyridine rings is 1. The van der Waals surface area contributed by atoms with E-state index in [-0.39, 0.29) is 0 Å². The van der Waals surface area contributed by atoms with Gasteiger partial charge in [0.25, 0.3) is 0 Å². The maximum absolute atomic E-state index is 6.35. The van der Waals surface area contributed by atoms with E-state index >= 15 is 0 Å². The summed E-state index contributed by atoms with van der Waals surface area (Å²) in [6.07, 6.45) is 0. The van der Waals surface area contributed by atoms with Gasteiger partial charge in [0.1, 0.15) is 5.82 Å². The molecule has 0 aliphatic carbocycles. The fourth-order valence-corrected chi connectivity index (χ4v) is 4.05. The minimum absolute atomic E-state index is 0.672. The maximum Gasteiger partial charge on any atom is 0.150 e. The second kappa shape index (κ2) is 6.94. The molecule has 0 N–H and O–H groups in total. The van der Waals surface area contributed by atoms with Crippen molar-refractivity contribution in [3.63, 3.8) is 0 Å². The molecule has 0 unspecified atom stereocenters. The van der Waals surface area contributed by atoms with E-state index in [1.807, 2.05) is 25.1 Å². The lowest BCUT2D eigenvalue weighted by atomic mass is 10.2. The van der Waals surface area contributed by atoms with Crippen LogP contribution < -0.4 is 4.90 Å². The molecule has 5 nitrogen and oxygen atoms in total. The van der Waals surface area contributed by atoms with Crippen LogP contribution in [0, 0.1) is 6.92 Å². The van der Waals surface area contributed by atoms with Crippen molar-refractivity contribution < 1.29 is 4.52 Å². The van der Waals surface area contributed by atoms with Crippen LogP contribution in [0.15, 0.2) is 39.3 Å². The average molecular weight is 422 g/mol. The van der Waals surface area contributed by atoms with E-state index in [1.54, 1.807) is 0 Å². The summed E-state index contributed by atoms with van der Waals surface area (Å²) in [7, 11) is 0. The number of benzene rings is 1. The van der Waals surface area contributed by atoms with Gasteiger partial charge in [-0.1, -0.05) is 32.7 Å². The van der Waals surface area contributed by atoms with Gasteiger partial charge in [-0.3, -0.25) is 4.90 Å². The first-order valence-electron chi connectivity index (χ1n) is 8.24. The Labute approximate surface area is 159 Å². The number of anilines is 1. The first kappa shape index (κ1) is 16.8. The summed E-state index contributed by atoms with van der Waals surface area (Å²) in [5.41, 5.74) is 1.78. The molecule has 0 amide bonds. The van der Waals surface area contributed by atoms with Crippen molar-refractivity contribution in [2.45, 2.75) is 13.5 Å². The largest absolute Gasteiger partial charge is 0.360 e. The third-order valence-electron chi connectivity index (χ3n) is 4.45. The van der Waals surface area contributed by atoms with Gasteiger partial charge in [-0.15, -0.1) is 0 Å². The van der Waals surface area contributed by atoms with Gasteiger partial charge in [0.05, 0.1) is 22.8 Å². The Kier molecular flexibility index (Phi) is 4.67. The predicted octanol–water partition coefficient (Wildman–Crippen LogP) is 4.27. The Morgan fingerprint density at radius 1 is 1.16 bits per heavy atom. The molecule has 3 aromatic rings. The molecule has 1 aliphatic heterocycles. The molecule has 1 fully saturated rings. The van der Waals surface area contributed by atoms with Crippen molar-refractivity contribution in [3.8, 4) is 0 Å². The first-order valence-corrected chi connectivity index (χ1v) is 9.41. The highest BCUT2D eigenvalue weighted by Gasteiger charge is 2.20. The van der Waals surface area contributed by atoms with Crippen LogP contribution in [0.1, 0.15) is 11.5 Å². The summed E-state index contributed by atoms with van der Waals surface area (Å²) in [5, 5.41) is 5.67. The van der Waals surface area contributed by atoms with E-state index in [1.165, 1.54) is 0 Å². The van der Waals surface area contributed by atoms with E-state index in [0.29, 0.717) is 5.02 Å². The number of aryl methyl sites for hydroxylation is 1. The van der Waals surface area contributed by atoms with Crippen molar-refractivity contribution in [2.75, 3.05) is 31.1 Å². The van der Waals surface area contributed by atoms with E-state index in [0.717, 1.165) is 65.4 Å². The normalized spacial score (nSPS) is 15.9. The molecule has 0 radical (unpaired) electrons. The number of piperazine rings is 1. The Hall–Kier alpha value is -1.63. The van der Waals surface area contributed by atoms with E-state index in [4.69, 9.17) is 21.1 Å². The van der Waals surface area contributed by atoms with Gasteiger partial charge in [0, 0.05) is 42.1 Å². The second-order valence-electron chi connectivity index (χ2n) is 6.33. The lowest BCUT2D eigenvalue weighted by Gasteiger charge is -2.35. The molecule has 0 atom stereocenters. The number of hydrogen-bond donors (Lipinski definition) is 0. The van der Waals surface area contributed by atoms with Crippen LogP contribution in [0.5, 0.6) is 0 Å². The molecule has 3 heterocycles. The van der Waals surface area contributed by atoms with Crippen LogP contribution in [-0.2, 0) is 6.54 Å². The molecule has 1 aromatic carbocycles. The smallest absolute Gasteiger partial charge is 0.150 e. The fourth-order valence-electron chi connectivity index (χ4n) is 3.17. The van der Waals surface area contributed by atoms with Crippen LogP contribution in [-0.4, -0.2) is 41.2 Å². The predicted molar refractivity (Wildman–Crippen MR) is 103 cm³/mol. The lowest BCUT2D eigenvalue weighted by molar-refractivity contribution is 0.219. The van der Waals surface area contributed by atoms with Crippen LogP contribution in [0.4, 0.5) is 5.82 Å². The molecule has 2 aromatic heterocycles. The maximum atomic E-state index is 6.35.